The van der Waals surface area contributed by atoms with Gasteiger partial charge >= 0.3 is 0 Å². The molecule has 1 aliphatic rings. The second-order valence-electron chi connectivity index (χ2n) is 6.41. The molecule has 0 aromatic heterocycles. The number of rotatable bonds is 5. The van der Waals surface area contributed by atoms with Gasteiger partial charge in [-0.25, -0.2) is 0 Å². The third-order valence-corrected chi connectivity index (χ3v) is 5.13. The summed E-state index contributed by atoms with van der Waals surface area (Å²) in [6.45, 7) is 2.17. The highest BCUT2D eigenvalue weighted by atomic mass is 14.9. The van der Waals surface area contributed by atoms with Crippen LogP contribution in [0.5, 0.6) is 0 Å². The van der Waals surface area contributed by atoms with E-state index in [1.165, 1.54) is 36.0 Å². The van der Waals surface area contributed by atoms with Crippen molar-refractivity contribution in [3.63, 3.8) is 0 Å². The molecule has 0 spiro atoms. The van der Waals surface area contributed by atoms with Gasteiger partial charge in [-0.3, -0.25) is 0 Å². The summed E-state index contributed by atoms with van der Waals surface area (Å²) in [6.07, 6.45) is 5.05. The lowest BCUT2D eigenvalue weighted by Crippen LogP contribution is -2.52. The van der Waals surface area contributed by atoms with Crippen molar-refractivity contribution < 1.29 is 0 Å². The monoisotopic (exact) mass is 279 g/mol. The molecule has 0 aliphatic heterocycles. The first-order valence-electron chi connectivity index (χ1n) is 8.03. The lowest BCUT2D eigenvalue weighted by atomic mass is 9.59. The summed E-state index contributed by atoms with van der Waals surface area (Å²) < 4.78 is 0. The lowest BCUT2D eigenvalue weighted by Gasteiger charge is -2.48. The summed E-state index contributed by atoms with van der Waals surface area (Å²) in [5, 5.41) is 3.61. The topological polar surface area (TPSA) is 12.0 Å². The molecule has 0 amide bonds. The lowest BCUT2D eigenvalue weighted by molar-refractivity contribution is 0.174. The van der Waals surface area contributed by atoms with Gasteiger partial charge in [0.25, 0.3) is 0 Å². The molecule has 0 radical (unpaired) electrons. The quantitative estimate of drug-likeness (QED) is 0.863. The number of aryl methyl sites for hydroxylation is 1. The predicted molar refractivity (Wildman–Crippen MR) is 89.7 cm³/mol. The highest BCUT2D eigenvalue weighted by Crippen LogP contribution is 2.47. The van der Waals surface area contributed by atoms with E-state index in [2.05, 4.69) is 73.9 Å². The Kier molecular flexibility index (Phi) is 4.12. The second kappa shape index (κ2) is 6.03. The highest BCUT2D eigenvalue weighted by molar-refractivity contribution is 5.32. The van der Waals surface area contributed by atoms with E-state index in [4.69, 9.17) is 0 Å². The van der Waals surface area contributed by atoms with Crippen LogP contribution in [0, 0.1) is 6.92 Å². The van der Waals surface area contributed by atoms with E-state index in [1.807, 2.05) is 0 Å². The first-order chi connectivity index (χ1) is 10.2. The van der Waals surface area contributed by atoms with Gasteiger partial charge in [0.2, 0.25) is 0 Å². The molecule has 110 valence electrons. The van der Waals surface area contributed by atoms with Crippen LogP contribution in [-0.2, 0) is 11.8 Å². The number of nitrogens with one attached hydrogen (secondary N) is 1. The van der Waals surface area contributed by atoms with Gasteiger partial charge in [-0.05, 0) is 44.4 Å². The zero-order valence-electron chi connectivity index (χ0n) is 13.1. The third kappa shape index (κ3) is 2.75. The number of likely N-dealkylation sites (N-methyl/N-ethyl adjacent to an activating group) is 1. The Hall–Kier alpha value is -1.60. The van der Waals surface area contributed by atoms with Crippen LogP contribution in [0.4, 0.5) is 0 Å². The van der Waals surface area contributed by atoms with Crippen molar-refractivity contribution >= 4 is 0 Å². The van der Waals surface area contributed by atoms with Crippen LogP contribution in [-0.4, -0.2) is 13.1 Å². The van der Waals surface area contributed by atoms with Gasteiger partial charge in [-0.2, -0.15) is 0 Å². The minimum absolute atomic E-state index is 0.319. The Bertz CT molecular complexity index is 584. The Morgan fingerprint density at radius 2 is 1.81 bits per heavy atom. The van der Waals surface area contributed by atoms with E-state index in [9.17, 15) is 0 Å². The van der Waals surface area contributed by atoms with E-state index in [0.717, 1.165) is 6.42 Å². The summed E-state index contributed by atoms with van der Waals surface area (Å²) >= 11 is 0. The van der Waals surface area contributed by atoms with Crippen molar-refractivity contribution in [1.29, 1.82) is 0 Å². The number of benzene rings is 2. The Balaban J connectivity index is 1.87. The van der Waals surface area contributed by atoms with Gasteiger partial charge in [0.05, 0.1) is 0 Å². The Morgan fingerprint density at radius 3 is 2.38 bits per heavy atom. The SMILES string of the molecule is CNC(Cc1cccc(C)c1)C1(c2ccccc2)CCC1. The Labute approximate surface area is 128 Å². The van der Waals surface area contributed by atoms with Gasteiger partial charge in [0.15, 0.2) is 0 Å². The molecular formula is C20H25N. The van der Waals surface area contributed by atoms with Gasteiger partial charge < -0.3 is 5.32 Å². The van der Waals surface area contributed by atoms with Crippen LogP contribution in [0.3, 0.4) is 0 Å². The van der Waals surface area contributed by atoms with Crippen molar-refractivity contribution in [2.45, 2.75) is 44.1 Å². The average Bonchev–Trinajstić information content (AvgIpc) is 2.46. The first-order valence-corrected chi connectivity index (χ1v) is 8.03. The Morgan fingerprint density at radius 1 is 1.05 bits per heavy atom. The third-order valence-electron chi connectivity index (χ3n) is 5.13. The minimum atomic E-state index is 0.319. The van der Waals surface area contributed by atoms with Gasteiger partial charge in [-0.1, -0.05) is 66.6 Å². The molecule has 1 saturated carbocycles. The number of hydrogen-bond acceptors (Lipinski definition) is 1. The molecule has 1 nitrogen and oxygen atoms in total. The molecule has 1 aliphatic carbocycles. The largest absolute Gasteiger partial charge is 0.316 e. The fourth-order valence-corrected chi connectivity index (χ4v) is 3.81. The zero-order chi connectivity index (χ0) is 14.7. The van der Waals surface area contributed by atoms with Gasteiger partial charge in [-0.15, -0.1) is 0 Å². The highest BCUT2D eigenvalue weighted by Gasteiger charge is 2.44. The molecule has 1 N–H and O–H groups in total. The molecule has 1 heteroatoms. The molecule has 1 fully saturated rings. The summed E-state index contributed by atoms with van der Waals surface area (Å²) in [6, 6.07) is 20.5. The van der Waals surface area contributed by atoms with E-state index in [1.54, 1.807) is 0 Å². The van der Waals surface area contributed by atoms with Crippen molar-refractivity contribution in [3.8, 4) is 0 Å². The maximum absolute atomic E-state index is 3.61. The molecule has 3 rings (SSSR count). The normalized spacial score (nSPS) is 18.0. The van der Waals surface area contributed by atoms with Crippen LogP contribution in [0.25, 0.3) is 0 Å². The van der Waals surface area contributed by atoms with Crippen LogP contribution in [0.15, 0.2) is 54.6 Å². The molecule has 0 bridgehead atoms. The first kappa shape index (κ1) is 14.3. The molecule has 0 saturated heterocycles. The molecule has 2 aromatic rings. The van der Waals surface area contributed by atoms with Crippen LogP contribution in [0.2, 0.25) is 0 Å². The number of hydrogen-bond donors (Lipinski definition) is 1. The molecule has 1 atom stereocenters. The summed E-state index contributed by atoms with van der Waals surface area (Å²) in [4.78, 5) is 0. The zero-order valence-corrected chi connectivity index (χ0v) is 13.1. The van der Waals surface area contributed by atoms with Crippen molar-refractivity contribution in [1.82, 2.24) is 5.32 Å². The predicted octanol–water partition coefficient (Wildman–Crippen LogP) is 4.25. The molecule has 2 aromatic carbocycles. The van der Waals surface area contributed by atoms with Crippen LogP contribution in [0.1, 0.15) is 36.0 Å². The molecular weight excluding hydrogens is 254 g/mol. The molecule has 0 heterocycles. The standard InChI is InChI=1S/C20H25N/c1-16-8-6-9-17(14-16)15-19(21-2)20(12-7-13-20)18-10-4-3-5-11-18/h3-6,8-11,14,19,21H,7,12-13,15H2,1-2H3. The van der Waals surface area contributed by atoms with Crippen molar-refractivity contribution in [3.05, 3.63) is 71.3 Å². The van der Waals surface area contributed by atoms with Crippen molar-refractivity contribution in [2.24, 2.45) is 0 Å². The van der Waals surface area contributed by atoms with E-state index < -0.39 is 0 Å². The van der Waals surface area contributed by atoms with Gasteiger partial charge in [0, 0.05) is 11.5 Å². The molecule has 1 unspecified atom stereocenters. The summed E-state index contributed by atoms with van der Waals surface area (Å²) in [7, 11) is 2.11. The molecule has 21 heavy (non-hydrogen) atoms. The summed E-state index contributed by atoms with van der Waals surface area (Å²) in [5.41, 5.74) is 4.62. The maximum atomic E-state index is 3.61. The summed E-state index contributed by atoms with van der Waals surface area (Å²) in [5.74, 6) is 0. The van der Waals surface area contributed by atoms with Gasteiger partial charge in [0.1, 0.15) is 0 Å². The minimum Gasteiger partial charge on any atom is -0.316 e. The van der Waals surface area contributed by atoms with E-state index >= 15 is 0 Å². The average molecular weight is 279 g/mol. The smallest absolute Gasteiger partial charge is 0.0201 e. The second-order valence-corrected chi connectivity index (χ2v) is 6.41. The fourth-order valence-electron chi connectivity index (χ4n) is 3.81. The van der Waals surface area contributed by atoms with E-state index in [0.29, 0.717) is 11.5 Å². The van der Waals surface area contributed by atoms with Crippen molar-refractivity contribution in [2.75, 3.05) is 7.05 Å². The van der Waals surface area contributed by atoms with Crippen LogP contribution >= 0.6 is 0 Å². The van der Waals surface area contributed by atoms with E-state index in [-0.39, 0.29) is 0 Å². The fraction of sp³-hybridized carbons (Fsp3) is 0.400. The maximum Gasteiger partial charge on any atom is 0.0201 e. The van der Waals surface area contributed by atoms with Crippen LogP contribution < -0.4 is 5.32 Å².